The zero-order chi connectivity index (χ0) is 13.8. The highest BCUT2D eigenvalue weighted by atomic mass is 16.5. The number of carbonyl (C=O) groups is 1. The Kier molecular flexibility index (Phi) is 5.22. The normalized spacial score (nSPS) is 35.6. The summed E-state index contributed by atoms with van der Waals surface area (Å²) in [5.74, 6) is 1.45. The van der Waals surface area contributed by atoms with Crippen LogP contribution in [0.15, 0.2) is 0 Å². The van der Waals surface area contributed by atoms with Gasteiger partial charge in [0.15, 0.2) is 0 Å². The fourth-order valence-corrected chi connectivity index (χ4v) is 3.50. The molecule has 1 heterocycles. The van der Waals surface area contributed by atoms with Gasteiger partial charge in [-0.05, 0) is 31.1 Å². The standard InChI is InChI=1S/C15H28N2O2/c1-10(2)12-6-4-5-7-13(12)17-15(18)14-8-11(19-3)9-16-14/h10-14,16H,4-9H2,1-3H3,(H,17,18). The van der Waals surface area contributed by atoms with Crippen molar-refractivity contribution in [3.8, 4) is 0 Å². The highest BCUT2D eigenvalue weighted by Gasteiger charge is 2.33. The van der Waals surface area contributed by atoms with E-state index in [-0.39, 0.29) is 18.1 Å². The smallest absolute Gasteiger partial charge is 0.237 e. The zero-order valence-electron chi connectivity index (χ0n) is 12.4. The van der Waals surface area contributed by atoms with Gasteiger partial charge in [-0.2, -0.15) is 0 Å². The van der Waals surface area contributed by atoms with E-state index in [2.05, 4.69) is 24.5 Å². The first-order valence-electron chi connectivity index (χ1n) is 7.68. The first-order valence-corrected chi connectivity index (χ1v) is 7.68. The summed E-state index contributed by atoms with van der Waals surface area (Å²) in [5, 5.41) is 6.53. The van der Waals surface area contributed by atoms with Crippen molar-refractivity contribution in [3.63, 3.8) is 0 Å². The second-order valence-corrected chi connectivity index (χ2v) is 6.36. The number of hydrogen-bond donors (Lipinski definition) is 2. The van der Waals surface area contributed by atoms with Crippen LogP contribution in [0.25, 0.3) is 0 Å². The molecule has 0 aromatic heterocycles. The summed E-state index contributed by atoms with van der Waals surface area (Å²) in [7, 11) is 1.71. The maximum atomic E-state index is 12.3. The number of amides is 1. The van der Waals surface area contributed by atoms with Crippen molar-refractivity contribution >= 4 is 5.91 Å². The second-order valence-electron chi connectivity index (χ2n) is 6.36. The molecular weight excluding hydrogens is 240 g/mol. The Morgan fingerprint density at radius 1 is 1.32 bits per heavy atom. The Morgan fingerprint density at radius 2 is 2.05 bits per heavy atom. The van der Waals surface area contributed by atoms with Crippen LogP contribution in [-0.4, -0.2) is 37.7 Å². The van der Waals surface area contributed by atoms with Gasteiger partial charge < -0.3 is 15.4 Å². The first kappa shape index (κ1) is 14.8. The molecule has 19 heavy (non-hydrogen) atoms. The Balaban J connectivity index is 1.87. The third kappa shape index (κ3) is 3.69. The number of ether oxygens (including phenoxy) is 1. The van der Waals surface area contributed by atoms with Crippen LogP contribution in [0.4, 0.5) is 0 Å². The van der Waals surface area contributed by atoms with Crippen LogP contribution in [0.1, 0.15) is 46.0 Å². The maximum Gasteiger partial charge on any atom is 0.237 e. The lowest BCUT2D eigenvalue weighted by Gasteiger charge is -2.35. The van der Waals surface area contributed by atoms with Crippen LogP contribution in [-0.2, 0) is 9.53 Å². The molecule has 110 valence electrons. The Labute approximate surface area is 116 Å². The second kappa shape index (κ2) is 6.71. The molecule has 0 bridgehead atoms. The van der Waals surface area contributed by atoms with Crippen LogP contribution < -0.4 is 10.6 Å². The van der Waals surface area contributed by atoms with Gasteiger partial charge in [-0.25, -0.2) is 0 Å². The number of carbonyl (C=O) groups excluding carboxylic acids is 1. The molecule has 2 rings (SSSR count). The van der Waals surface area contributed by atoms with Crippen molar-refractivity contribution in [1.82, 2.24) is 10.6 Å². The first-order chi connectivity index (χ1) is 9.11. The molecule has 4 heteroatoms. The maximum absolute atomic E-state index is 12.3. The molecule has 2 fully saturated rings. The van der Waals surface area contributed by atoms with Crippen LogP contribution in [0.5, 0.6) is 0 Å². The Morgan fingerprint density at radius 3 is 2.68 bits per heavy atom. The third-order valence-electron chi connectivity index (χ3n) is 4.74. The summed E-state index contributed by atoms with van der Waals surface area (Å²) in [4.78, 5) is 12.3. The van der Waals surface area contributed by atoms with Crippen molar-refractivity contribution in [3.05, 3.63) is 0 Å². The van der Waals surface area contributed by atoms with Crippen LogP contribution in [0, 0.1) is 11.8 Å². The molecule has 4 unspecified atom stereocenters. The molecule has 0 radical (unpaired) electrons. The van der Waals surface area contributed by atoms with Crippen LogP contribution in [0.2, 0.25) is 0 Å². The largest absolute Gasteiger partial charge is 0.380 e. The summed E-state index contributed by atoms with van der Waals surface area (Å²) < 4.78 is 5.30. The molecule has 4 nitrogen and oxygen atoms in total. The van der Waals surface area contributed by atoms with Crippen LogP contribution >= 0.6 is 0 Å². The minimum atomic E-state index is -0.0697. The van der Waals surface area contributed by atoms with Gasteiger partial charge in [-0.15, -0.1) is 0 Å². The minimum absolute atomic E-state index is 0.0697. The van der Waals surface area contributed by atoms with Crippen molar-refractivity contribution in [2.45, 2.75) is 64.1 Å². The van der Waals surface area contributed by atoms with E-state index in [9.17, 15) is 4.79 Å². The van der Waals surface area contributed by atoms with E-state index in [1.807, 2.05) is 0 Å². The van der Waals surface area contributed by atoms with E-state index < -0.39 is 0 Å². The van der Waals surface area contributed by atoms with E-state index in [0.29, 0.717) is 17.9 Å². The van der Waals surface area contributed by atoms with Crippen molar-refractivity contribution < 1.29 is 9.53 Å². The summed E-state index contributed by atoms with van der Waals surface area (Å²) in [5.41, 5.74) is 0. The Hall–Kier alpha value is -0.610. The van der Waals surface area contributed by atoms with Gasteiger partial charge in [0.05, 0.1) is 12.1 Å². The summed E-state index contributed by atoms with van der Waals surface area (Å²) in [6.45, 7) is 5.32. The van der Waals surface area contributed by atoms with Gasteiger partial charge in [0, 0.05) is 19.7 Å². The lowest BCUT2D eigenvalue weighted by Crippen LogP contribution is -2.49. The molecule has 0 aromatic carbocycles. The number of rotatable bonds is 4. The molecule has 2 aliphatic rings. The van der Waals surface area contributed by atoms with E-state index in [1.165, 1.54) is 19.3 Å². The molecule has 0 aromatic rings. The lowest BCUT2D eigenvalue weighted by molar-refractivity contribution is -0.124. The monoisotopic (exact) mass is 268 g/mol. The molecule has 1 amide bonds. The minimum Gasteiger partial charge on any atom is -0.380 e. The molecule has 2 N–H and O–H groups in total. The number of nitrogens with one attached hydrogen (secondary N) is 2. The average Bonchev–Trinajstić information content (AvgIpc) is 2.88. The molecule has 1 aliphatic carbocycles. The summed E-state index contributed by atoms with van der Waals surface area (Å²) in [6, 6.07) is 0.296. The van der Waals surface area contributed by atoms with Gasteiger partial charge in [0.25, 0.3) is 0 Å². The predicted octanol–water partition coefficient (Wildman–Crippen LogP) is 1.69. The average molecular weight is 268 g/mol. The molecular formula is C15H28N2O2. The van der Waals surface area contributed by atoms with Gasteiger partial charge in [-0.1, -0.05) is 26.7 Å². The SMILES string of the molecule is COC1CNC(C(=O)NC2CCCCC2C(C)C)C1. The number of methoxy groups -OCH3 is 1. The van der Waals surface area contributed by atoms with E-state index in [1.54, 1.807) is 7.11 Å². The molecule has 1 saturated carbocycles. The molecule has 1 saturated heterocycles. The van der Waals surface area contributed by atoms with Gasteiger partial charge in [-0.3, -0.25) is 4.79 Å². The van der Waals surface area contributed by atoms with Crippen molar-refractivity contribution in [2.75, 3.05) is 13.7 Å². The van der Waals surface area contributed by atoms with Gasteiger partial charge >= 0.3 is 0 Å². The van der Waals surface area contributed by atoms with Crippen molar-refractivity contribution in [1.29, 1.82) is 0 Å². The van der Waals surface area contributed by atoms with Crippen molar-refractivity contribution in [2.24, 2.45) is 11.8 Å². The highest BCUT2D eigenvalue weighted by Crippen LogP contribution is 2.30. The van der Waals surface area contributed by atoms with E-state index in [0.717, 1.165) is 19.4 Å². The highest BCUT2D eigenvalue weighted by molar-refractivity contribution is 5.82. The fraction of sp³-hybridized carbons (Fsp3) is 0.933. The number of hydrogen-bond acceptors (Lipinski definition) is 3. The Bertz CT molecular complexity index is 307. The van der Waals surface area contributed by atoms with E-state index in [4.69, 9.17) is 4.74 Å². The molecule has 0 spiro atoms. The van der Waals surface area contributed by atoms with Gasteiger partial charge in [0.2, 0.25) is 5.91 Å². The fourth-order valence-electron chi connectivity index (χ4n) is 3.50. The predicted molar refractivity (Wildman–Crippen MR) is 75.9 cm³/mol. The van der Waals surface area contributed by atoms with Crippen LogP contribution in [0.3, 0.4) is 0 Å². The summed E-state index contributed by atoms with van der Waals surface area (Å²) >= 11 is 0. The lowest BCUT2D eigenvalue weighted by atomic mass is 9.78. The van der Waals surface area contributed by atoms with E-state index >= 15 is 0 Å². The summed E-state index contributed by atoms with van der Waals surface area (Å²) in [6.07, 6.45) is 5.91. The molecule has 4 atom stereocenters. The topological polar surface area (TPSA) is 50.4 Å². The molecule has 1 aliphatic heterocycles. The quantitative estimate of drug-likeness (QED) is 0.816. The zero-order valence-corrected chi connectivity index (χ0v) is 12.4. The van der Waals surface area contributed by atoms with Gasteiger partial charge in [0.1, 0.15) is 0 Å². The third-order valence-corrected chi connectivity index (χ3v) is 4.74.